The van der Waals surface area contributed by atoms with Crippen molar-refractivity contribution in [1.82, 2.24) is 4.90 Å². The Kier molecular flexibility index (Phi) is 21.4. The molecule has 0 saturated carbocycles. The summed E-state index contributed by atoms with van der Waals surface area (Å²) in [6.07, 6.45) is 19.4. The van der Waals surface area contributed by atoms with E-state index >= 15 is 0 Å². The molecule has 36 heavy (non-hydrogen) atoms. The second kappa shape index (κ2) is 21.6. The fourth-order valence-electron chi connectivity index (χ4n) is 4.57. The number of aliphatic hydroxyl groups excluding tert-OH is 2. The summed E-state index contributed by atoms with van der Waals surface area (Å²) < 4.78 is 34.3. The zero-order valence-corrected chi connectivity index (χ0v) is 25.5. The summed E-state index contributed by atoms with van der Waals surface area (Å²) in [7, 11) is -4.55. The summed E-state index contributed by atoms with van der Waals surface area (Å²) in [5.41, 5.74) is 0. The van der Waals surface area contributed by atoms with Crippen LogP contribution in [0.25, 0.3) is 0 Å². The third-order valence-corrected chi connectivity index (χ3v) is 7.17. The summed E-state index contributed by atoms with van der Waals surface area (Å²) in [6.45, 7) is 3.25. The molecule has 0 aliphatic carbocycles. The first-order valence-corrected chi connectivity index (χ1v) is 15.1. The fraction of sp³-hybridized carbons (Fsp3) is 0.846. The number of β-amino-alcohol motifs (C(OH)–C–C–N with tert-alkyl or cyclic N) is 2. The van der Waals surface area contributed by atoms with Crippen LogP contribution in [0.5, 0.6) is 0 Å². The van der Waals surface area contributed by atoms with E-state index in [1.807, 2.05) is 12.2 Å². The quantitative estimate of drug-likeness (QED) is 0.0664. The van der Waals surface area contributed by atoms with Gasteiger partial charge in [0.15, 0.2) is 0 Å². The maximum Gasteiger partial charge on any atom is 1.00 e. The molecule has 0 amide bonds. The van der Waals surface area contributed by atoms with Gasteiger partial charge in [0, 0.05) is 6.42 Å². The number of ketones is 1. The van der Waals surface area contributed by atoms with Crippen molar-refractivity contribution in [2.24, 2.45) is 0 Å². The predicted molar refractivity (Wildman–Crippen MR) is 139 cm³/mol. The Morgan fingerprint density at radius 3 is 2.11 bits per heavy atom. The Balaban J connectivity index is 0.0000122. The first-order chi connectivity index (χ1) is 16.8. The first kappa shape index (κ1) is 35.7. The summed E-state index contributed by atoms with van der Waals surface area (Å²) >= 11 is 0. The van der Waals surface area contributed by atoms with E-state index in [1.54, 1.807) is 9.48 Å². The average Bonchev–Trinajstić information content (AvgIpc) is 3.17. The Morgan fingerprint density at radius 2 is 1.58 bits per heavy atom. The van der Waals surface area contributed by atoms with Gasteiger partial charge in [-0.2, -0.15) is 0 Å². The maximum atomic E-state index is 12.8. The van der Waals surface area contributed by atoms with Crippen molar-refractivity contribution in [2.45, 2.75) is 103 Å². The number of nitrogens with zero attached hydrogens (tertiary/aromatic N) is 2. The van der Waals surface area contributed by atoms with Gasteiger partial charge in [-0.25, -0.2) is 8.42 Å². The first-order valence-electron chi connectivity index (χ1n) is 13.6. The van der Waals surface area contributed by atoms with Crippen LogP contribution in [0.3, 0.4) is 0 Å². The van der Waals surface area contributed by atoms with Crippen LogP contribution in [0.15, 0.2) is 12.2 Å². The number of allylic oxidation sites excluding steroid dienone is 2. The van der Waals surface area contributed by atoms with Crippen LogP contribution in [0.2, 0.25) is 0 Å². The minimum absolute atomic E-state index is 0. The normalized spacial score (nSPS) is 15.1. The van der Waals surface area contributed by atoms with Crippen molar-refractivity contribution >= 4 is 21.7 Å². The number of carbonyl (C=O) groups is 1. The van der Waals surface area contributed by atoms with Gasteiger partial charge in [-0.05, 0) is 12.8 Å². The van der Waals surface area contributed by atoms with E-state index in [0.29, 0.717) is 18.9 Å². The van der Waals surface area contributed by atoms with Crippen LogP contribution in [0.1, 0.15) is 96.8 Å². The minimum Gasteiger partial charge on any atom is -0.748 e. The molecule has 1 rings (SSSR count). The van der Waals surface area contributed by atoms with E-state index in [1.165, 1.54) is 70.6 Å². The van der Waals surface area contributed by atoms with E-state index in [2.05, 4.69) is 6.92 Å². The molecule has 1 unspecified atom stereocenters. The van der Waals surface area contributed by atoms with Crippen LogP contribution in [-0.2, 0) is 14.9 Å². The molecule has 0 aromatic rings. The van der Waals surface area contributed by atoms with Crippen molar-refractivity contribution in [3.05, 3.63) is 12.2 Å². The number of hydrogen-bond donors (Lipinski definition) is 2. The number of aliphatic hydroxyl groups is 2. The molecule has 8 nitrogen and oxygen atoms in total. The maximum absolute atomic E-state index is 12.8. The smallest absolute Gasteiger partial charge is 0.748 e. The van der Waals surface area contributed by atoms with Crippen LogP contribution >= 0.6 is 0 Å². The van der Waals surface area contributed by atoms with Gasteiger partial charge >= 0.3 is 35.4 Å². The minimum atomic E-state index is -4.55. The third kappa shape index (κ3) is 17.3. The number of carbonyl (C=O) groups excluding carboxylic acids is 1. The number of unbranched alkanes of at least 4 members (excludes halogenated alkanes) is 12. The van der Waals surface area contributed by atoms with Gasteiger partial charge < -0.3 is 14.8 Å². The molecular formula is C26H48N2NaO6S+. The SMILES string of the molecule is CCCCCCCCCCCCCC/C=C/CC(=O)C1=[N+](CC(O)CS(=O)(=O)[O-])CCN1CCO.[Na+]. The van der Waals surface area contributed by atoms with Crippen molar-refractivity contribution in [1.29, 1.82) is 0 Å². The van der Waals surface area contributed by atoms with Gasteiger partial charge in [0.1, 0.15) is 32.3 Å². The largest absolute Gasteiger partial charge is 1.00 e. The van der Waals surface area contributed by atoms with E-state index in [0.717, 1.165) is 12.8 Å². The second-order valence-electron chi connectivity index (χ2n) is 9.63. The summed E-state index contributed by atoms with van der Waals surface area (Å²) in [4.78, 5) is 14.6. The van der Waals surface area contributed by atoms with Crippen molar-refractivity contribution in [2.75, 3.05) is 38.5 Å². The summed E-state index contributed by atoms with van der Waals surface area (Å²) in [6, 6.07) is 0. The van der Waals surface area contributed by atoms with Gasteiger partial charge in [0.25, 0.3) is 0 Å². The number of rotatable bonds is 22. The topological polar surface area (TPSA) is 121 Å². The van der Waals surface area contributed by atoms with Gasteiger partial charge in [-0.1, -0.05) is 89.7 Å². The number of Topliss-reactive ketones (excluding diaryl/α,β-unsaturated/α-hetero) is 1. The molecule has 0 bridgehead atoms. The van der Waals surface area contributed by atoms with Gasteiger partial charge in [0.2, 0.25) is 5.78 Å². The Bertz CT molecular complexity index is 758. The zero-order chi connectivity index (χ0) is 25.9. The van der Waals surface area contributed by atoms with E-state index in [4.69, 9.17) is 0 Å². The molecular weight excluding hydrogens is 491 g/mol. The Hall–Kier alpha value is -0.290. The van der Waals surface area contributed by atoms with Crippen LogP contribution in [0.4, 0.5) is 0 Å². The van der Waals surface area contributed by atoms with E-state index in [-0.39, 0.29) is 61.5 Å². The molecule has 10 heteroatoms. The molecule has 0 aromatic heterocycles. The molecule has 1 atom stereocenters. The third-order valence-electron chi connectivity index (χ3n) is 6.38. The van der Waals surface area contributed by atoms with E-state index < -0.39 is 22.0 Å². The molecule has 0 radical (unpaired) electrons. The molecule has 1 heterocycles. The van der Waals surface area contributed by atoms with Crippen LogP contribution in [0, 0.1) is 0 Å². The molecule has 0 aromatic carbocycles. The van der Waals surface area contributed by atoms with Crippen LogP contribution < -0.4 is 29.6 Å². The van der Waals surface area contributed by atoms with Crippen LogP contribution in [-0.4, -0.2) is 88.9 Å². The molecule has 1 aliphatic rings. The summed E-state index contributed by atoms with van der Waals surface area (Å²) in [5.74, 6) is -0.653. The average molecular weight is 540 g/mol. The molecule has 0 saturated heterocycles. The number of hydrogen-bond acceptors (Lipinski definition) is 7. The standard InChI is InChI=1S/C26H48N2O6S.Na/c1-2-3-4-5-6-7-8-9-10-11-12-13-14-15-16-17-25(31)26-27(20-21-29)18-19-28(26)22-24(30)23-35(32,33)34;/h15-16,24,29-30H,2-14,17-23H2,1H3;/q;+1/b16-15+;. The Morgan fingerprint density at radius 1 is 1.03 bits per heavy atom. The number of amidine groups is 1. The zero-order valence-electron chi connectivity index (χ0n) is 22.7. The van der Waals surface area contributed by atoms with Crippen molar-refractivity contribution in [3.63, 3.8) is 0 Å². The molecule has 2 N–H and O–H groups in total. The molecule has 0 fully saturated rings. The van der Waals surface area contributed by atoms with Gasteiger partial charge in [0.05, 0.1) is 22.5 Å². The van der Waals surface area contributed by atoms with Crippen molar-refractivity contribution < 1.29 is 62.1 Å². The predicted octanol–water partition coefficient (Wildman–Crippen LogP) is 0.222. The monoisotopic (exact) mass is 539 g/mol. The molecule has 0 spiro atoms. The second-order valence-corrected chi connectivity index (χ2v) is 11.1. The van der Waals surface area contributed by atoms with Crippen molar-refractivity contribution in [3.8, 4) is 0 Å². The fourth-order valence-corrected chi connectivity index (χ4v) is 5.14. The Labute approximate surface area is 241 Å². The molecule has 1 aliphatic heterocycles. The summed E-state index contributed by atoms with van der Waals surface area (Å²) in [5, 5.41) is 19.2. The van der Waals surface area contributed by atoms with Gasteiger partial charge in [-0.15, -0.1) is 0 Å². The van der Waals surface area contributed by atoms with Gasteiger partial charge in [-0.3, -0.25) is 14.3 Å². The molecule has 204 valence electrons. The van der Waals surface area contributed by atoms with E-state index in [9.17, 15) is 28.0 Å².